The first-order valence-electron chi connectivity index (χ1n) is 7.87. The third kappa shape index (κ3) is 5.18. The molecule has 0 unspecified atom stereocenters. The van der Waals surface area contributed by atoms with E-state index in [1.807, 2.05) is 0 Å². The number of H-pyrrole nitrogens is 1. The Balaban J connectivity index is 1.79. The maximum atomic E-state index is 13.4. The van der Waals surface area contributed by atoms with Gasteiger partial charge in [0.1, 0.15) is 5.82 Å². The predicted octanol–water partition coefficient (Wildman–Crippen LogP) is 4.22. The average molecular weight is 508 g/mol. The molecule has 0 radical (unpaired) electrons. The van der Waals surface area contributed by atoms with Crippen LogP contribution in [0.4, 0.5) is 23.2 Å². The third-order valence-electron chi connectivity index (χ3n) is 3.56. The number of hydrogen-bond acceptors (Lipinski definition) is 7. The fraction of sp³-hybridized carbons (Fsp3) is 0.125. The predicted molar refractivity (Wildman–Crippen MR) is 102 cm³/mol. The van der Waals surface area contributed by atoms with Crippen molar-refractivity contribution < 1.29 is 27.4 Å². The number of nitrogens with one attached hydrogen (secondary N) is 2. The van der Waals surface area contributed by atoms with Crippen molar-refractivity contribution in [3.63, 3.8) is 0 Å². The van der Waals surface area contributed by atoms with Gasteiger partial charge in [0.2, 0.25) is 11.4 Å². The molecule has 0 bridgehead atoms. The molecule has 0 fully saturated rings. The highest BCUT2D eigenvalue weighted by molar-refractivity contribution is 9.10. The van der Waals surface area contributed by atoms with Crippen molar-refractivity contribution in [2.24, 2.45) is 5.16 Å². The number of aromatic nitrogens is 3. The summed E-state index contributed by atoms with van der Waals surface area (Å²) in [6, 6.07) is 5.19. The number of thioether (sulfide) groups is 1. The van der Waals surface area contributed by atoms with Gasteiger partial charge in [-0.05, 0) is 50.5 Å². The zero-order valence-corrected chi connectivity index (χ0v) is 16.9. The van der Waals surface area contributed by atoms with Gasteiger partial charge in [-0.3, -0.25) is 4.79 Å². The molecular weight excluding hydrogens is 498 g/mol. The van der Waals surface area contributed by atoms with Gasteiger partial charge in [0, 0.05) is 23.2 Å². The molecule has 3 N–H and O–H groups in total. The number of nitrogens with zero attached hydrogens (tertiary/aromatic N) is 3. The molecule has 3 aromatic rings. The second-order valence-electron chi connectivity index (χ2n) is 5.67. The van der Waals surface area contributed by atoms with Crippen LogP contribution >= 0.6 is 27.7 Å². The molecule has 1 aromatic carbocycles. The van der Waals surface area contributed by atoms with Crippen LogP contribution in [0, 0.1) is 5.82 Å². The van der Waals surface area contributed by atoms with Crippen molar-refractivity contribution in [2.75, 3.05) is 5.32 Å². The van der Waals surface area contributed by atoms with Crippen LogP contribution in [-0.4, -0.2) is 26.3 Å². The lowest BCUT2D eigenvalue weighted by Crippen LogP contribution is -2.16. The molecule has 0 saturated carbocycles. The Morgan fingerprint density at radius 2 is 2.07 bits per heavy atom. The Bertz CT molecular complexity index is 1150. The van der Waals surface area contributed by atoms with Crippen LogP contribution in [0.2, 0.25) is 0 Å². The Morgan fingerprint density at radius 1 is 1.30 bits per heavy atom. The largest absolute Gasteiger partial charge is 0.416 e. The summed E-state index contributed by atoms with van der Waals surface area (Å²) in [6.07, 6.45) is -4.67. The fourth-order valence-electron chi connectivity index (χ4n) is 2.25. The van der Waals surface area contributed by atoms with E-state index in [1.165, 1.54) is 18.2 Å². The summed E-state index contributed by atoms with van der Waals surface area (Å²) < 4.78 is 56.7. The number of pyridine rings is 1. The van der Waals surface area contributed by atoms with Crippen molar-refractivity contribution in [2.45, 2.75) is 17.0 Å². The number of alkyl halides is 3. The summed E-state index contributed by atoms with van der Waals surface area (Å²) in [5, 5.41) is 22.4. The molecule has 2 aromatic heterocycles. The number of halogens is 5. The lowest BCUT2D eigenvalue weighted by Gasteiger charge is -2.09. The molecule has 0 aliphatic heterocycles. The number of anilines is 1. The van der Waals surface area contributed by atoms with Crippen LogP contribution in [0.5, 0.6) is 0 Å². The smallest absolute Gasteiger partial charge is 0.409 e. The molecule has 0 atom stereocenters. The van der Waals surface area contributed by atoms with Crippen LogP contribution < -0.4 is 10.9 Å². The Kier molecular flexibility index (Phi) is 6.45. The maximum absolute atomic E-state index is 13.4. The lowest BCUT2D eigenvalue weighted by molar-refractivity contribution is -0.137. The van der Waals surface area contributed by atoms with Gasteiger partial charge in [0.25, 0.3) is 0 Å². The molecule has 8 nitrogen and oxygen atoms in total. The summed E-state index contributed by atoms with van der Waals surface area (Å²) in [4.78, 5) is 13.8. The van der Waals surface area contributed by atoms with Crippen molar-refractivity contribution >= 4 is 39.2 Å². The Morgan fingerprint density at radius 3 is 2.73 bits per heavy atom. The highest BCUT2D eigenvalue weighted by atomic mass is 79.9. The quantitative estimate of drug-likeness (QED) is 0.118. The molecule has 158 valence electrons. The van der Waals surface area contributed by atoms with E-state index in [-0.39, 0.29) is 32.5 Å². The maximum Gasteiger partial charge on any atom is 0.416 e. The first kappa shape index (κ1) is 21.8. The molecule has 0 saturated heterocycles. The molecule has 14 heteroatoms. The standard InChI is InChI=1S/C16H10BrF4N5O3S/c17-10-5-8(1-2-11(10)18)23-14(24-28)13-15(26-29-25-13)30-6-9-3-7(16(19,20)21)4-12(27)22-9/h1-5,28H,6H2,(H,22,27)(H,23,24). The van der Waals surface area contributed by atoms with Crippen molar-refractivity contribution in [1.29, 1.82) is 0 Å². The number of rotatable bonds is 5. The normalized spacial score (nSPS) is 12.2. The average Bonchev–Trinajstić information content (AvgIpc) is 3.14. The summed E-state index contributed by atoms with van der Waals surface area (Å²) in [7, 11) is 0. The van der Waals surface area contributed by atoms with Crippen molar-refractivity contribution in [3.05, 3.63) is 67.9 Å². The Hall–Kier alpha value is -2.87. The van der Waals surface area contributed by atoms with Gasteiger partial charge in [-0.15, -0.1) is 0 Å². The molecule has 2 heterocycles. The second kappa shape index (κ2) is 8.87. The lowest BCUT2D eigenvalue weighted by atomic mass is 10.2. The van der Waals surface area contributed by atoms with E-state index < -0.39 is 23.1 Å². The summed E-state index contributed by atoms with van der Waals surface area (Å²) >= 11 is 3.91. The van der Waals surface area contributed by atoms with Crippen LogP contribution in [-0.2, 0) is 11.9 Å². The van der Waals surface area contributed by atoms with Crippen molar-refractivity contribution in [1.82, 2.24) is 15.3 Å². The van der Waals surface area contributed by atoms with Gasteiger partial charge in [-0.1, -0.05) is 16.9 Å². The number of hydrogen-bond donors (Lipinski definition) is 3. The second-order valence-corrected chi connectivity index (χ2v) is 7.48. The van der Waals surface area contributed by atoms with Crippen LogP contribution in [0.1, 0.15) is 17.0 Å². The zero-order chi connectivity index (χ0) is 21.9. The zero-order valence-electron chi connectivity index (χ0n) is 14.5. The summed E-state index contributed by atoms with van der Waals surface area (Å²) in [5.74, 6) is -0.812. The highest BCUT2D eigenvalue weighted by Crippen LogP contribution is 2.30. The van der Waals surface area contributed by atoms with E-state index in [0.717, 1.165) is 17.8 Å². The minimum atomic E-state index is -4.67. The topological polar surface area (TPSA) is 116 Å². The van der Waals surface area contributed by atoms with Gasteiger partial charge in [-0.25, -0.2) is 9.02 Å². The van der Waals surface area contributed by atoms with E-state index in [9.17, 15) is 27.6 Å². The first-order valence-corrected chi connectivity index (χ1v) is 9.65. The number of oxime groups is 1. The van der Waals surface area contributed by atoms with Gasteiger partial charge in [0.05, 0.1) is 10.0 Å². The van der Waals surface area contributed by atoms with Crippen LogP contribution in [0.15, 0.2) is 54.4 Å². The monoisotopic (exact) mass is 507 g/mol. The summed E-state index contributed by atoms with van der Waals surface area (Å²) in [5.41, 5.74) is -1.69. The fourth-order valence-corrected chi connectivity index (χ4v) is 3.43. The molecule has 0 aliphatic rings. The van der Waals surface area contributed by atoms with E-state index >= 15 is 0 Å². The third-order valence-corrected chi connectivity index (χ3v) is 5.16. The number of aromatic amines is 1. The van der Waals surface area contributed by atoms with Gasteiger partial charge >= 0.3 is 6.18 Å². The number of amidine groups is 1. The van der Waals surface area contributed by atoms with E-state index in [1.54, 1.807) is 0 Å². The molecule has 0 aliphatic carbocycles. The highest BCUT2D eigenvalue weighted by Gasteiger charge is 2.31. The molecule has 0 spiro atoms. The molecule has 30 heavy (non-hydrogen) atoms. The van der Waals surface area contributed by atoms with Gasteiger partial charge in [0.15, 0.2) is 10.7 Å². The molecule has 3 rings (SSSR count). The molecular formula is C16H10BrF4N5O3S. The van der Waals surface area contributed by atoms with Crippen LogP contribution in [0.25, 0.3) is 0 Å². The van der Waals surface area contributed by atoms with Gasteiger partial charge in [-0.2, -0.15) is 13.2 Å². The molecule has 0 amide bonds. The van der Waals surface area contributed by atoms with E-state index in [2.05, 4.69) is 46.3 Å². The van der Waals surface area contributed by atoms with Gasteiger partial charge < -0.3 is 15.5 Å². The van der Waals surface area contributed by atoms with E-state index in [0.29, 0.717) is 11.8 Å². The number of benzene rings is 1. The minimum absolute atomic E-state index is 0.00770. The van der Waals surface area contributed by atoms with Crippen molar-refractivity contribution in [3.8, 4) is 0 Å². The summed E-state index contributed by atoms with van der Waals surface area (Å²) in [6.45, 7) is 0. The first-order chi connectivity index (χ1) is 14.2. The Labute approximate surface area is 177 Å². The SMILES string of the molecule is O=c1cc(C(F)(F)F)cc(CSc2nonc2/C(=N\O)Nc2ccc(F)c(Br)c2)[nH]1. The van der Waals surface area contributed by atoms with E-state index in [4.69, 9.17) is 0 Å². The van der Waals surface area contributed by atoms with Crippen LogP contribution in [0.3, 0.4) is 0 Å². The minimum Gasteiger partial charge on any atom is -0.409 e.